The number of aliphatic hydroxyl groups is 1. The first kappa shape index (κ1) is 41.5. The van der Waals surface area contributed by atoms with Crippen LogP contribution in [0.1, 0.15) is 38.2 Å². The Balaban J connectivity index is 2.59. The number of aldehydes is 1. The molecule has 1 aliphatic heterocycles. The van der Waals surface area contributed by atoms with Crippen LogP contribution in [0.4, 0.5) is 0 Å². The average Bonchev–Trinajstić information content (AvgIpc) is 3.07. The van der Waals surface area contributed by atoms with Gasteiger partial charge in [0.1, 0.15) is 18.5 Å². The van der Waals surface area contributed by atoms with Crippen molar-refractivity contribution in [2.24, 2.45) is 17.2 Å². The highest BCUT2D eigenvalue weighted by molar-refractivity contribution is 6.14. The van der Waals surface area contributed by atoms with Crippen LogP contribution < -0.4 is 38.5 Å². The summed E-state index contributed by atoms with van der Waals surface area (Å²) in [5.74, 6) is -6.89. The second-order valence-electron chi connectivity index (χ2n) is 11.6. The van der Waals surface area contributed by atoms with Crippen LogP contribution in [0.25, 0.3) is 0 Å². The molecule has 12 N–H and O–H groups in total. The van der Waals surface area contributed by atoms with Crippen molar-refractivity contribution in [2.75, 3.05) is 19.8 Å². The number of nitrogens with zero attached hydrogens (tertiary/aromatic N) is 1. The third-order valence-electron chi connectivity index (χ3n) is 7.76. The van der Waals surface area contributed by atoms with Gasteiger partial charge in [-0.3, -0.25) is 44.2 Å². The van der Waals surface area contributed by atoms with Gasteiger partial charge in [-0.05, 0) is 31.7 Å². The second-order valence-corrected chi connectivity index (χ2v) is 11.6. The number of allylic oxidation sites excluding steroid dienone is 1. The molecule has 0 aliphatic carbocycles. The fraction of sp³-hybridized carbons (Fsp3) is 0.500. The summed E-state index contributed by atoms with van der Waals surface area (Å²) in [7, 11) is 0. The molecule has 3 amide bonds. The van der Waals surface area contributed by atoms with Crippen molar-refractivity contribution in [3.8, 4) is 0 Å². The molecule has 0 saturated heterocycles. The fourth-order valence-electron chi connectivity index (χ4n) is 4.98. The number of Topliss-reactive ketones (excluding diaryl/α,β-unsaturated/α-hetero) is 3. The number of aliphatic carboxylic acids is 1. The van der Waals surface area contributed by atoms with Crippen molar-refractivity contribution in [1.82, 2.24) is 26.2 Å². The van der Waals surface area contributed by atoms with Crippen LogP contribution in [0.3, 0.4) is 0 Å². The normalized spacial score (nSPS) is 21.4. The molecule has 2 rings (SSSR count). The summed E-state index contributed by atoms with van der Waals surface area (Å²) in [5, 5.41) is 28.9. The molecule has 0 saturated carbocycles. The molecular formula is C32H46N8O10. The molecular weight excluding hydrogens is 656 g/mol. The van der Waals surface area contributed by atoms with Crippen LogP contribution in [0.15, 0.2) is 42.5 Å². The smallest absolute Gasteiger partial charge is 0.303 e. The quantitative estimate of drug-likeness (QED) is 0.0343. The van der Waals surface area contributed by atoms with E-state index < -0.39 is 110 Å². The van der Waals surface area contributed by atoms with Gasteiger partial charge in [0, 0.05) is 19.4 Å². The summed E-state index contributed by atoms with van der Waals surface area (Å²) in [4.78, 5) is 105. The minimum Gasteiger partial charge on any atom is -0.481 e. The summed E-state index contributed by atoms with van der Waals surface area (Å²) >= 11 is 0. The second kappa shape index (κ2) is 20.7. The maximum atomic E-state index is 14.3. The number of aliphatic hydroxyl groups excluding tert-OH is 1. The summed E-state index contributed by atoms with van der Waals surface area (Å²) in [6.45, 7) is -0.487. The van der Waals surface area contributed by atoms with Crippen molar-refractivity contribution in [3.63, 3.8) is 0 Å². The van der Waals surface area contributed by atoms with Gasteiger partial charge < -0.3 is 47.7 Å². The molecule has 7 atom stereocenters. The monoisotopic (exact) mass is 702 g/mol. The zero-order chi connectivity index (χ0) is 37.4. The minimum atomic E-state index is -2.02. The number of nitrogens with one attached hydrogen (secondary N) is 4. The molecule has 18 heteroatoms. The van der Waals surface area contributed by atoms with E-state index in [1.165, 1.54) is 19.1 Å². The first-order chi connectivity index (χ1) is 23.7. The first-order valence-corrected chi connectivity index (χ1v) is 15.9. The van der Waals surface area contributed by atoms with Crippen molar-refractivity contribution in [2.45, 2.75) is 81.5 Å². The van der Waals surface area contributed by atoms with Crippen molar-refractivity contribution in [1.29, 1.82) is 0 Å². The van der Waals surface area contributed by atoms with Gasteiger partial charge in [-0.1, -0.05) is 42.5 Å². The number of hydrogen-bond donors (Lipinski definition) is 9. The maximum Gasteiger partial charge on any atom is 0.303 e. The minimum absolute atomic E-state index is 0.0102. The van der Waals surface area contributed by atoms with Gasteiger partial charge >= 0.3 is 5.97 Å². The molecule has 0 unspecified atom stereocenters. The van der Waals surface area contributed by atoms with Crippen molar-refractivity contribution < 1.29 is 48.6 Å². The number of carboxylic acid groups (broad SMARTS) is 1. The molecule has 1 aromatic carbocycles. The molecule has 18 nitrogen and oxygen atoms in total. The van der Waals surface area contributed by atoms with E-state index in [2.05, 4.69) is 21.3 Å². The Morgan fingerprint density at radius 2 is 1.78 bits per heavy atom. The predicted molar refractivity (Wildman–Crippen MR) is 177 cm³/mol. The molecule has 0 bridgehead atoms. The lowest BCUT2D eigenvalue weighted by Gasteiger charge is -2.34. The molecule has 274 valence electrons. The van der Waals surface area contributed by atoms with Gasteiger partial charge in [0.2, 0.25) is 11.8 Å². The molecule has 0 fully saturated rings. The Morgan fingerprint density at radius 3 is 2.38 bits per heavy atom. The first-order valence-electron chi connectivity index (χ1n) is 15.9. The number of nitrogens with two attached hydrogens (primary N) is 3. The number of ketones is 3. The Kier molecular flexibility index (Phi) is 17.2. The average molecular weight is 703 g/mol. The summed E-state index contributed by atoms with van der Waals surface area (Å²) in [6.07, 6.45) is -0.600. The fourth-order valence-corrected chi connectivity index (χ4v) is 4.98. The topological polar surface area (TPSA) is 306 Å². The third kappa shape index (κ3) is 12.6. The van der Waals surface area contributed by atoms with Crippen LogP contribution in [-0.2, 0) is 44.8 Å². The maximum absolute atomic E-state index is 14.3. The number of rotatable bonds is 16. The van der Waals surface area contributed by atoms with Crippen molar-refractivity contribution in [3.05, 3.63) is 48.0 Å². The molecule has 1 aromatic rings. The van der Waals surface area contributed by atoms with Gasteiger partial charge in [0.05, 0.1) is 37.4 Å². The SMILES string of the molecule is C[C@H](O)[C@H](N)C(=O)[C@@H]1NCC(=O)[C@H](N[C@@H](C=O)CCC(=O)O)NC(=O)CC/C=C/CN([C@H](C(=O)NCN)C(=O)[C@@H](N)Cc2ccccc2)C1=O. The van der Waals surface area contributed by atoms with Crippen LogP contribution in [0.5, 0.6) is 0 Å². The number of amides is 3. The van der Waals surface area contributed by atoms with E-state index in [0.717, 1.165) is 4.90 Å². The Labute approximate surface area is 288 Å². The molecule has 0 radical (unpaired) electrons. The van der Waals surface area contributed by atoms with Gasteiger partial charge in [0.15, 0.2) is 23.4 Å². The summed E-state index contributed by atoms with van der Waals surface area (Å²) in [6, 6.07) is 0.560. The van der Waals surface area contributed by atoms with Gasteiger partial charge in [0.25, 0.3) is 5.91 Å². The lowest BCUT2D eigenvalue weighted by Crippen LogP contribution is -2.65. The summed E-state index contributed by atoms with van der Waals surface area (Å²) < 4.78 is 0. The Hall–Kier alpha value is -4.72. The molecule has 1 heterocycles. The lowest BCUT2D eigenvalue weighted by atomic mass is 9.95. The molecule has 50 heavy (non-hydrogen) atoms. The number of benzene rings is 1. The van der Waals surface area contributed by atoms with E-state index in [4.69, 9.17) is 22.3 Å². The highest BCUT2D eigenvalue weighted by atomic mass is 16.4. The molecule has 0 aromatic heterocycles. The Morgan fingerprint density at radius 1 is 1.10 bits per heavy atom. The van der Waals surface area contributed by atoms with Crippen molar-refractivity contribution >= 4 is 47.3 Å². The molecule has 0 spiro atoms. The number of carbonyl (C=O) groups excluding carboxylic acids is 7. The Bertz CT molecular complexity index is 1410. The largest absolute Gasteiger partial charge is 0.481 e. The van der Waals surface area contributed by atoms with E-state index in [-0.39, 0.29) is 25.7 Å². The number of carbonyl (C=O) groups is 8. The van der Waals surface area contributed by atoms with Gasteiger partial charge in [-0.2, -0.15) is 0 Å². The lowest BCUT2D eigenvalue weighted by molar-refractivity contribution is -0.150. The van der Waals surface area contributed by atoms with E-state index in [1.807, 2.05) is 0 Å². The number of hydrogen-bond acceptors (Lipinski definition) is 14. The van der Waals surface area contributed by atoms with Crippen LogP contribution in [0.2, 0.25) is 0 Å². The predicted octanol–water partition coefficient (Wildman–Crippen LogP) is -4.03. The zero-order valence-corrected chi connectivity index (χ0v) is 27.7. The standard InChI is InChI=1S/C32H46N8O10/c1-18(42)25(35)29(48)26-32(50)40(27(31(49)37-17-33)28(47)21(34)14-19-8-4-2-5-9-19)13-7-3-6-10-23(44)39-30(22(43)15-36-26)38-20(16-41)11-12-24(45)46/h2-5,7-9,16,18,20-21,25-27,30,36,38,42H,6,10-15,17,33-35H2,1H3,(H,37,49)(H,39,44)(H,45,46)/b7-3+/t18-,20+,21-,25-,26-,27-,30+/m0/s1. The van der Waals surface area contributed by atoms with Crippen LogP contribution >= 0.6 is 0 Å². The van der Waals surface area contributed by atoms with E-state index >= 15 is 0 Å². The number of carboxylic acids is 1. The van der Waals surface area contributed by atoms with E-state index in [0.29, 0.717) is 11.8 Å². The van der Waals surface area contributed by atoms with Crippen LogP contribution in [0, 0.1) is 0 Å². The van der Waals surface area contributed by atoms with Gasteiger partial charge in [-0.15, -0.1) is 0 Å². The van der Waals surface area contributed by atoms with E-state index in [9.17, 15) is 43.5 Å². The highest BCUT2D eigenvalue weighted by Crippen LogP contribution is 2.13. The zero-order valence-electron chi connectivity index (χ0n) is 27.7. The third-order valence-corrected chi connectivity index (χ3v) is 7.76. The summed E-state index contributed by atoms with van der Waals surface area (Å²) in [5.41, 5.74) is 18.4. The molecule has 1 aliphatic rings. The highest BCUT2D eigenvalue weighted by Gasteiger charge is 2.43. The van der Waals surface area contributed by atoms with Gasteiger partial charge in [-0.25, -0.2) is 0 Å². The van der Waals surface area contributed by atoms with E-state index in [1.54, 1.807) is 30.3 Å². The van der Waals surface area contributed by atoms with Crippen LogP contribution in [-0.4, -0.2) is 125 Å².